The van der Waals surface area contributed by atoms with Crippen molar-refractivity contribution in [3.63, 3.8) is 0 Å². The molecule has 0 saturated heterocycles. The molecule has 0 aliphatic rings. The molecule has 1 aromatic carbocycles. The van der Waals surface area contributed by atoms with Gasteiger partial charge in [0.05, 0.1) is 17.5 Å². The molecule has 23 heavy (non-hydrogen) atoms. The van der Waals surface area contributed by atoms with Crippen LogP contribution in [0.25, 0.3) is 11.3 Å². The molecule has 3 N–H and O–H groups in total. The van der Waals surface area contributed by atoms with Crippen LogP contribution >= 0.6 is 12.4 Å². The average Bonchev–Trinajstić information content (AvgIpc) is 2.96. The van der Waals surface area contributed by atoms with Crippen molar-refractivity contribution in [2.45, 2.75) is 13.8 Å². The van der Waals surface area contributed by atoms with Crippen molar-refractivity contribution in [2.75, 3.05) is 20.1 Å². The number of aromatic nitrogens is 2. The molecule has 0 atom stereocenters. The largest absolute Gasteiger partial charge is 0.341 e. The highest BCUT2D eigenvalue weighted by molar-refractivity contribution is 5.99. The third-order valence-corrected chi connectivity index (χ3v) is 3.57. The van der Waals surface area contributed by atoms with E-state index in [1.807, 2.05) is 13.8 Å². The van der Waals surface area contributed by atoms with E-state index in [2.05, 4.69) is 10.2 Å². The van der Waals surface area contributed by atoms with Crippen molar-refractivity contribution in [3.05, 3.63) is 41.8 Å². The number of nitrogens with zero attached hydrogens (tertiary/aromatic N) is 2. The number of carbonyl (C=O) groups is 1. The highest BCUT2D eigenvalue weighted by Gasteiger charge is 2.24. The Balaban J connectivity index is 0.00000264. The molecule has 1 aromatic heterocycles. The number of nitrogens with two attached hydrogens (primary N) is 1. The first-order chi connectivity index (χ1) is 10.3. The SMILES string of the molecule is CN(CC(C)(C)CN)C(=O)c1cn[nH]c1-c1ccc(F)cc1.Cl. The molecule has 0 aliphatic carbocycles. The maximum absolute atomic E-state index is 13.0. The molecule has 5 nitrogen and oxygen atoms in total. The van der Waals surface area contributed by atoms with Gasteiger partial charge in [-0.1, -0.05) is 13.8 Å². The van der Waals surface area contributed by atoms with Crippen LogP contribution < -0.4 is 5.73 Å². The topological polar surface area (TPSA) is 75.0 Å². The van der Waals surface area contributed by atoms with Gasteiger partial charge >= 0.3 is 0 Å². The summed E-state index contributed by atoms with van der Waals surface area (Å²) in [6, 6.07) is 5.93. The van der Waals surface area contributed by atoms with Crippen LogP contribution in [0.4, 0.5) is 4.39 Å². The van der Waals surface area contributed by atoms with Crippen LogP contribution in [0.3, 0.4) is 0 Å². The van der Waals surface area contributed by atoms with Crippen LogP contribution in [0.1, 0.15) is 24.2 Å². The van der Waals surface area contributed by atoms with E-state index in [1.165, 1.54) is 18.3 Å². The van der Waals surface area contributed by atoms with E-state index in [0.717, 1.165) is 0 Å². The lowest BCUT2D eigenvalue weighted by Gasteiger charge is -2.29. The first kappa shape index (κ1) is 19.1. The minimum atomic E-state index is -0.321. The van der Waals surface area contributed by atoms with Crippen LogP contribution in [0.2, 0.25) is 0 Å². The average molecular weight is 341 g/mol. The van der Waals surface area contributed by atoms with Gasteiger partial charge in [-0.15, -0.1) is 12.4 Å². The van der Waals surface area contributed by atoms with Crippen LogP contribution in [-0.2, 0) is 0 Å². The molecule has 0 radical (unpaired) electrons. The zero-order chi connectivity index (χ0) is 16.3. The first-order valence-corrected chi connectivity index (χ1v) is 7.09. The molecule has 0 aliphatic heterocycles. The number of rotatable bonds is 5. The number of H-pyrrole nitrogens is 1. The quantitative estimate of drug-likeness (QED) is 0.878. The van der Waals surface area contributed by atoms with Crippen molar-refractivity contribution in [1.82, 2.24) is 15.1 Å². The summed E-state index contributed by atoms with van der Waals surface area (Å²) in [5.41, 5.74) is 7.32. The number of hydrogen-bond donors (Lipinski definition) is 2. The number of nitrogens with one attached hydrogen (secondary N) is 1. The fraction of sp³-hybridized carbons (Fsp3) is 0.375. The van der Waals surface area contributed by atoms with Crippen LogP contribution in [0.5, 0.6) is 0 Å². The third-order valence-electron chi connectivity index (χ3n) is 3.57. The van der Waals surface area contributed by atoms with Crippen molar-refractivity contribution >= 4 is 18.3 Å². The van der Waals surface area contributed by atoms with Gasteiger partial charge in [0.1, 0.15) is 5.82 Å². The summed E-state index contributed by atoms with van der Waals surface area (Å²) in [5.74, 6) is -0.465. The number of benzene rings is 1. The van der Waals surface area contributed by atoms with Gasteiger partial charge < -0.3 is 10.6 Å². The molecule has 7 heteroatoms. The lowest BCUT2D eigenvalue weighted by molar-refractivity contribution is 0.0741. The molecule has 1 amide bonds. The number of hydrogen-bond acceptors (Lipinski definition) is 3. The van der Waals surface area contributed by atoms with E-state index in [9.17, 15) is 9.18 Å². The third kappa shape index (κ3) is 4.53. The zero-order valence-corrected chi connectivity index (χ0v) is 14.3. The van der Waals surface area contributed by atoms with E-state index >= 15 is 0 Å². The van der Waals surface area contributed by atoms with E-state index in [0.29, 0.717) is 29.9 Å². The maximum Gasteiger partial charge on any atom is 0.257 e. The number of halogens is 2. The molecule has 126 valence electrons. The molecule has 2 rings (SSSR count). The second-order valence-electron chi connectivity index (χ2n) is 6.20. The molecular weight excluding hydrogens is 319 g/mol. The fourth-order valence-corrected chi connectivity index (χ4v) is 2.27. The van der Waals surface area contributed by atoms with Gasteiger partial charge in [0.25, 0.3) is 5.91 Å². The standard InChI is InChI=1S/C16H21FN4O.ClH/c1-16(2,9-18)10-21(3)15(22)13-8-19-20-14(13)11-4-6-12(17)7-5-11;/h4-8H,9-10,18H2,1-3H3,(H,19,20);1H. The van der Waals surface area contributed by atoms with Crippen molar-refractivity contribution in [2.24, 2.45) is 11.1 Å². The summed E-state index contributed by atoms with van der Waals surface area (Å²) < 4.78 is 13.0. The zero-order valence-electron chi connectivity index (χ0n) is 13.5. The number of amides is 1. The lowest BCUT2D eigenvalue weighted by atomic mass is 9.93. The van der Waals surface area contributed by atoms with Gasteiger partial charge in [-0.25, -0.2) is 4.39 Å². The minimum absolute atomic E-state index is 0. The Kier molecular flexibility index (Phi) is 6.29. The lowest BCUT2D eigenvalue weighted by Crippen LogP contribution is -2.39. The molecular formula is C16H22ClFN4O. The Labute approximate surface area is 141 Å². The van der Waals surface area contributed by atoms with E-state index in [-0.39, 0.29) is 29.5 Å². The van der Waals surface area contributed by atoms with Gasteiger partial charge in [0.2, 0.25) is 0 Å². The van der Waals surface area contributed by atoms with Gasteiger partial charge in [-0.3, -0.25) is 9.89 Å². The van der Waals surface area contributed by atoms with Crippen molar-refractivity contribution < 1.29 is 9.18 Å². The predicted octanol–water partition coefficient (Wildman–Crippen LogP) is 2.69. The summed E-state index contributed by atoms with van der Waals surface area (Å²) in [6.45, 7) is 5.04. The smallest absolute Gasteiger partial charge is 0.257 e. The van der Waals surface area contributed by atoms with E-state index in [1.54, 1.807) is 24.1 Å². The van der Waals surface area contributed by atoms with Crippen molar-refractivity contribution in [3.8, 4) is 11.3 Å². The summed E-state index contributed by atoms with van der Waals surface area (Å²) in [7, 11) is 1.74. The normalized spacial score (nSPS) is 11.0. The van der Waals surface area contributed by atoms with Crippen LogP contribution in [0, 0.1) is 11.2 Å². The Hall–Kier alpha value is -1.92. The molecule has 0 spiro atoms. The molecule has 0 bridgehead atoms. The number of carbonyl (C=O) groups excluding carboxylic acids is 1. The molecule has 1 heterocycles. The predicted molar refractivity (Wildman–Crippen MR) is 91.0 cm³/mol. The molecule has 0 unspecified atom stereocenters. The Morgan fingerprint density at radius 2 is 1.96 bits per heavy atom. The monoisotopic (exact) mass is 340 g/mol. The molecule has 0 saturated carbocycles. The van der Waals surface area contributed by atoms with Crippen molar-refractivity contribution in [1.29, 1.82) is 0 Å². The summed E-state index contributed by atoms with van der Waals surface area (Å²) in [6.07, 6.45) is 1.49. The first-order valence-electron chi connectivity index (χ1n) is 7.09. The van der Waals surface area contributed by atoms with Crippen LogP contribution in [-0.4, -0.2) is 41.1 Å². The summed E-state index contributed by atoms with van der Waals surface area (Å²) in [5, 5.41) is 6.76. The Morgan fingerprint density at radius 1 is 1.35 bits per heavy atom. The highest BCUT2D eigenvalue weighted by atomic mass is 35.5. The maximum atomic E-state index is 13.0. The second-order valence-corrected chi connectivity index (χ2v) is 6.20. The Bertz CT molecular complexity index is 654. The van der Waals surface area contributed by atoms with Gasteiger partial charge in [-0.2, -0.15) is 5.10 Å². The molecule has 2 aromatic rings. The highest BCUT2D eigenvalue weighted by Crippen LogP contribution is 2.23. The van der Waals surface area contributed by atoms with E-state index in [4.69, 9.17) is 5.73 Å². The summed E-state index contributed by atoms with van der Waals surface area (Å²) >= 11 is 0. The number of aromatic amines is 1. The van der Waals surface area contributed by atoms with Gasteiger partial charge in [0, 0.05) is 19.2 Å². The van der Waals surface area contributed by atoms with E-state index < -0.39 is 0 Å². The fourth-order valence-electron chi connectivity index (χ4n) is 2.27. The Morgan fingerprint density at radius 3 is 2.52 bits per heavy atom. The second kappa shape index (κ2) is 7.57. The van der Waals surface area contributed by atoms with Gasteiger partial charge in [-0.05, 0) is 36.2 Å². The molecule has 0 fully saturated rings. The summed E-state index contributed by atoms with van der Waals surface area (Å²) in [4.78, 5) is 14.2. The minimum Gasteiger partial charge on any atom is -0.341 e. The van der Waals surface area contributed by atoms with Crippen LogP contribution in [0.15, 0.2) is 30.5 Å². The van der Waals surface area contributed by atoms with Gasteiger partial charge in [0.15, 0.2) is 0 Å².